The molecule has 1 atom stereocenters. The van der Waals surface area contributed by atoms with Gasteiger partial charge in [0.25, 0.3) is 5.91 Å². The van der Waals surface area contributed by atoms with Gasteiger partial charge in [0.05, 0.1) is 5.56 Å². The Morgan fingerprint density at radius 2 is 2.31 bits per heavy atom. The minimum absolute atomic E-state index is 0.0327. The van der Waals surface area contributed by atoms with Gasteiger partial charge in [-0.2, -0.15) is 0 Å². The van der Waals surface area contributed by atoms with Crippen molar-refractivity contribution in [2.24, 2.45) is 5.73 Å². The summed E-state index contributed by atoms with van der Waals surface area (Å²) in [6, 6.07) is 4.48. The second-order valence-corrected chi connectivity index (χ2v) is 4.40. The van der Waals surface area contributed by atoms with Crippen LogP contribution in [-0.2, 0) is 0 Å². The molecule has 0 bridgehead atoms. The summed E-state index contributed by atoms with van der Waals surface area (Å²) >= 11 is 5.79. The molecule has 1 saturated heterocycles. The van der Waals surface area contributed by atoms with E-state index in [0.717, 1.165) is 6.42 Å². The molecule has 0 spiro atoms. The van der Waals surface area contributed by atoms with Crippen molar-refractivity contribution in [2.45, 2.75) is 12.5 Å². The number of hydrogen-bond donors (Lipinski definition) is 2. The summed E-state index contributed by atoms with van der Waals surface area (Å²) in [5.41, 5.74) is 5.96. The summed E-state index contributed by atoms with van der Waals surface area (Å²) in [7, 11) is 0. The maximum absolute atomic E-state index is 12.0. The van der Waals surface area contributed by atoms with Crippen molar-refractivity contribution in [3.8, 4) is 5.75 Å². The van der Waals surface area contributed by atoms with Crippen molar-refractivity contribution in [2.75, 3.05) is 13.1 Å². The van der Waals surface area contributed by atoms with E-state index in [1.165, 1.54) is 12.1 Å². The number of phenolic OH excluding ortho intramolecular Hbond substituents is 1. The van der Waals surface area contributed by atoms with E-state index in [4.69, 9.17) is 17.3 Å². The number of halogens is 1. The lowest BCUT2D eigenvalue weighted by Crippen LogP contribution is -2.31. The molecule has 1 aromatic carbocycles. The molecule has 0 aromatic heterocycles. The van der Waals surface area contributed by atoms with Crippen LogP contribution in [0.3, 0.4) is 0 Å². The van der Waals surface area contributed by atoms with Crippen LogP contribution in [0.25, 0.3) is 0 Å². The third-order valence-corrected chi connectivity index (χ3v) is 2.94. The van der Waals surface area contributed by atoms with Gasteiger partial charge in [0.1, 0.15) is 5.75 Å². The Morgan fingerprint density at radius 3 is 2.94 bits per heavy atom. The second kappa shape index (κ2) is 4.31. The minimum Gasteiger partial charge on any atom is -0.507 e. The van der Waals surface area contributed by atoms with Crippen LogP contribution in [0.15, 0.2) is 18.2 Å². The number of aromatic hydroxyl groups is 1. The normalized spacial score (nSPS) is 20.1. The molecule has 1 aliphatic rings. The van der Waals surface area contributed by atoms with E-state index in [1.54, 1.807) is 11.0 Å². The van der Waals surface area contributed by atoms with Gasteiger partial charge in [-0.3, -0.25) is 4.79 Å². The Balaban J connectivity index is 2.23. The highest BCUT2D eigenvalue weighted by molar-refractivity contribution is 6.31. The molecule has 0 saturated carbocycles. The first-order valence-corrected chi connectivity index (χ1v) is 5.49. The maximum Gasteiger partial charge on any atom is 0.257 e. The Kier molecular flexibility index (Phi) is 3.03. The number of hydrogen-bond acceptors (Lipinski definition) is 3. The van der Waals surface area contributed by atoms with Gasteiger partial charge < -0.3 is 15.7 Å². The first-order valence-electron chi connectivity index (χ1n) is 5.11. The Hall–Kier alpha value is -1.26. The number of nitrogens with zero attached hydrogens (tertiary/aromatic N) is 1. The van der Waals surface area contributed by atoms with Gasteiger partial charge >= 0.3 is 0 Å². The van der Waals surface area contributed by atoms with Gasteiger partial charge in [-0.1, -0.05) is 11.6 Å². The number of likely N-dealkylation sites (tertiary alicyclic amines) is 1. The fraction of sp³-hybridized carbons (Fsp3) is 0.364. The summed E-state index contributed by atoms with van der Waals surface area (Å²) in [6.45, 7) is 1.16. The summed E-state index contributed by atoms with van der Waals surface area (Å²) in [6.07, 6.45) is 0.799. The van der Waals surface area contributed by atoms with Crippen molar-refractivity contribution in [3.05, 3.63) is 28.8 Å². The summed E-state index contributed by atoms with van der Waals surface area (Å²) < 4.78 is 0. The molecule has 5 heteroatoms. The fourth-order valence-electron chi connectivity index (χ4n) is 1.82. The highest BCUT2D eigenvalue weighted by Crippen LogP contribution is 2.24. The SMILES string of the molecule is N[C@H]1CCN(C(=O)c2cc(Cl)ccc2O)C1. The highest BCUT2D eigenvalue weighted by atomic mass is 35.5. The number of amides is 1. The quantitative estimate of drug-likeness (QED) is 0.776. The fourth-order valence-corrected chi connectivity index (χ4v) is 1.99. The predicted octanol–water partition coefficient (Wildman–Crippen LogP) is 1.22. The zero-order valence-electron chi connectivity index (χ0n) is 8.69. The number of carbonyl (C=O) groups is 1. The third kappa shape index (κ3) is 2.13. The van der Waals surface area contributed by atoms with Crippen molar-refractivity contribution in [1.82, 2.24) is 4.90 Å². The van der Waals surface area contributed by atoms with E-state index in [-0.39, 0.29) is 23.3 Å². The van der Waals surface area contributed by atoms with Crippen molar-refractivity contribution >= 4 is 17.5 Å². The number of nitrogens with two attached hydrogens (primary N) is 1. The minimum atomic E-state index is -0.215. The van der Waals surface area contributed by atoms with Crippen molar-refractivity contribution < 1.29 is 9.90 Å². The Labute approximate surface area is 98.6 Å². The molecule has 0 unspecified atom stereocenters. The Bertz CT molecular complexity index is 422. The molecule has 2 rings (SSSR count). The standard InChI is InChI=1S/C11H13ClN2O2/c12-7-1-2-10(15)9(5-7)11(16)14-4-3-8(13)6-14/h1-2,5,8,15H,3-4,6,13H2/t8-/m0/s1. The van der Waals surface area contributed by atoms with Crippen LogP contribution in [0.4, 0.5) is 0 Å². The number of benzene rings is 1. The first kappa shape index (κ1) is 11.2. The third-order valence-electron chi connectivity index (χ3n) is 2.70. The lowest BCUT2D eigenvalue weighted by molar-refractivity contribution is 0.0788. The molecule has 4 nitrogen and oxygen atoms in total. The molecule has 1 aromatic rings. The van der Waals surface area contributed by atoms with Gasteiger partial charge in [-0.15, -0.1) is 0 Å². The zero-order valence-corrected chi connectivity index (χ0v) is 9.44. The summed E-state index contributed by atoms with van der Waals surface area (Å²) in [5.74, 6) is -0.261. The molecule has 0 aliphatic carbocycles. The van der Waals surface area contributed by atoms with Crippen LogP contribution < -0.4 is 5.73 Å². The monoisotopic (exact) mass is 240 g/mol. The average molecular weight is 241 g/mol. The number of rotatable bonds is 1. The predicted molar refractivity (Wildman–Crippen MR) is 61.6 cm³/mol. The van der Waals surface area contributed by atoms with Gasteiger partial charge in [-0.05, 0) is 24.6 Å². The molecule has 1 aliphatic heterocycles. The molecule has 86 valence electrons. The van der Waals surface area contributed by atoms with E-state index in [1.807, 2.05) is 0 Å². The number of carbonyl (C=O) groups excluding carboxylic acids is 1. The zero-order chi connectivity index (χ0) is 11.7. The number of phenols is 1. The van der Waals surface area contributed by atoms with Crippen LogP contribution in [0.1, 0.15) is 16.8 Å². The lowest BCUT2D eigenvalue weighted by Gasteiger charge is -2.16. The van der Waals surface area contributed by atoms with E-state index < -0.39 is 0 Å². The van der Waals surface area contributed by atoms with Crippen molar-refractivity contribution in [1.29, 1.82) is 0 Å². The van der Waals surface area contributed by atoms with E-state index in [2.05, 4.69) is 0 Å². The molecular weight excluding hydrogens is 228 g/mol. The molecular formula is C11H13ClN2O2. The van der Waals surface area contributed by atoms with Gasteiger partial charge in [-0.25, -0.2) is 0 Å². The molecule has 16 heavy (non-hydrogen) atoms. The highest BCUT2D eigenvalue weighted by Gasteiger charge is 2.26. The van der Waals surface area contributed by atoms with Crippen LogP contribution in [0.5, 0.6) is 5.75 Å². The van der Waals surface area contributed by atoms with Crippen LogP contribution in [0, 0.1) is 0 Å². The Morgan fingerprint density at radius 1 is 1.56 bits per heavy atom. The van der Waals surface area contributed by atoms with E-state index >= 15 is 0 Å². The van der Waals surface area contributed by atoms with E-state index in [9.17, 15) is 9.90 Å². The van der Waals surface area contributed by atoms with Gasteiger partial charge in [0.2, 0.25) is 0 Å². The largest absolute Gasteiger partial charge is 0.507 e. The molecule has 0 radical (unpaired) electrons. The molecule has 1 amide bonds. The molecule has 1 fully saturated rings. The maximum atomic E-state index is 12.0. The van der Waals surface area contributed by atoms with Crippen molar-refractivity contribution in [3.63, 3.8) is 0 Å². The second-order valence-electron chi connectivity index (χ2n) is 3.96. The summed E-state index contributed by atoms with van der Waals surface area (Å²) in [5, 5.41) is 10.0. The van der Waals surface area contributed by atoms with Crippen LogP contribution in [0.2, 0.25) is 5.02 Å². The first-order chi connectivity index (χ1) is 7.58. The smallest absolute Gasteiger partial charge is 0.257 e. The topological polar surface area (TPSA) is 66.6 Å². The molecule has 3 N–H and O–H groups in total. The average Bonchev–Trinajstić information content (AvgIpc) is 2.67. The van der Waals surface area contributed by atoms with Gasteiger partial charge in [0.15, 0.2) is 0 Å². The van der Waals surface area contributed by atoms with Crippen LogP contribution >= 0.6 is 11.6 Å². The van der Waals surface area contributed by atoms with Gasteiger partial charge in [0, 0.05) is 24.2 Å². The lowest BCUT2D eigenvalue weighted by atomic mass is 10.2. The van der Waals surface area contributed by atoms with E-state index in [0.29, 0.717) is 18.1 Å². The summed E-state index contributed by atoms with van der Waals surface area (Å²) in [4.78, 5) is 13.7. The van der Waals surface area contributed by atoms with Crippen LogP contribution in [-0.4, -0.2) is 35.0 Å². The molecule has 1 heterocycles.